The van der Waals surface area contributed by atoms with E-state index in [1.54, 1.807) is 121 Å². The molecule has 0 radical (unpaired) electrons. The second-order valence-corrected chi connectivity index (χ2v) is 19.8. The van der Waals surface area contributed by atoms with Crippen LogP contribution in [0.1, 0.15) is 101 Å². The quantitative estimate of drug-likeness (QED) is 0.0264. The first-order chi connectivity index (χ1) is 40.4. The maximum Gasteiger partial charge on any atom is 0.416 e. The number of hydrogen-bond donors (Lipinski definition) is 4. The number of carbonyl (C=O) groups excluding carboxylic acids is 4. The molecule has 0 spiro atoms. The Labute approximate surface area is 485 Å². The van der Waals surface area contributed by atoms with E-state index < -0.39 is 118 Å². The largest absolute Gasteiger partial charge is 0.464 e. The van der Waals surface area contributed by atoms with Crippen LogP contribution >= 0.6 is 0 Å². The molecule has 1 fully saturated rings. The number of amides is 3. The molecule has 1 saturated heterocycles. The van der Waals surface area contributed by atoms with Gasteiger partial charge in [0.25, 0.3) is 0 Å². The van der Waals surface area contributed by atoms with Crippen LogP contribution in [0.5, 0.6) is 0 Å². The van der Waals surface area contributed by atoms with Gasteiger partial charge >= 0.3 is 42.9 Å². The van der Waals surface area contributed by atoms with Gasteiger partial charge in [-0.25, -0.2) is 14.4 Å². The van der Waals surface area contributed by atoms with Gasteiger partial charge in [0.05, 0.1) is 71.9 Å². The standard InChI is InChI=1S/C39H36F6N2O7.C22H22F6N2O2/c1-26(29-20-31(38(40,41)42)22-32(21-29)39(43,44)45)54-25-37(30-16-10-5-11-17-30,47-36(50)53-24-28-14-8-4-9-15-28)19-18-33(34(48)51-2)46-35(49)52-23-27-12-6-3-7-13-27;1-13(14-9-16(21(23,24)25)11-17(10-14)22(26,27)28)32-12-20(15-5-3-2-4-6-15)8-7-18(29)19(31)30-20/h3-18,20-22,26H,19,23-25H2,1-2H3,(H,46,49)(H,47,50);2-6,9-11,13,18H,7-8,12,29H2,1H3,(H,30,31)/b33-18-;/t26-,37-;13-,18-,20-/m11/s1. The minimum Gasteiger partial charge on any atom is -0.464 e. The number of halogens is 12. The number of carbonyl (C=O) groups is 4. The number of rotatable bonds is 19. The normalized spacial score (nSPS) is 17.1. The molecule has 1 heterocycles. The second kappa shape index (κ2) is 28.6. The Hall–Kier alpha value is -8.42. The van der Waals surface area contributed by atoms with Crippen LogP contribution in [0.3, 0.4) is 0 Å². The van der Waals surface area contributed by atoms with Crippen molar-refractivity contribution in [1.82, 2.24) is 16.0 Å². The number of ether oxygens (including phenoxy) is 5. The number of methoxy groups -OCH3 is 1. The highest BCUT2D eigenvalue weighted by molar-refractivity contribution is 5.92. The zero-order valence-corrected chi connectivity index (χ0v) is 46.1. The summed E-state index contributed by atoms with van der Waals surface area (Å²) in [6.07, 6.45) is -23.0. The summed E-state index contributed by atoms with van der Waals surface area (Å²) < 4.78 is 188. The van der Waals surface area contributed by atoms with Crippen LogP contribution in [0.25, 0.3) is 0 Å². The average molecular weight is 1220 g/mol. The summed E-state index contributed by atoms with van der Waals surface area (Å²) in [5.74, 6) is -1.41. The lowest BCUT2D eigenvalue weighted by atomic mass is 9.81. The molecule has 6 aromatic rings. The molecule has 0 bridgehead atoms. The molecular weight excluding hydrogens is 1160 g/mol. The molecule has 1 aliphatic heterocycles. The predicted octanol–water partition coefficient (Wildman–Crippen LogP) is 13.9. The second-order valence-electron chi connectivity index (χ2n) is 19.8. The van der Waals surface area contributed by atoms with E-state index in [-0.39, 0.29) is 43.9 Å². The van der Waals surface area contributed by atoms with E-state index in [4.69, 9.17) is 29.4 Å². The van der Waals surface area contributed by atoms with Gasteiger partial charge in [-0.15, -0.1) is 0 Å². The van der Waals surface area contributed by atoms with Crippen molar-refractivity contribution >= 4 is 24.1 Å². The molecule has 86 heavy (non-hydrogen) atoms. The fourth-order valence-electron chi connectivity index (χ4n) is 8.82. The van der Waals surface area contributed by atoms with E-state index >= 15 is 0 Å². The Balaban J connectivity index is 0.000000313. The number of benzene rings is 6. The van der Waals surface area contributed by atoms with E-state index in [9.17, 15) is 71.9 Å². The third-order valence-electron chi connectivity index (χ3n) is 13.6. The van der Waals surface area contributed by atoms with Crippen LogP contribution in [0, 0.1) is 0 Å². The van der Waals surface area contributed by atoms with Crippen molar-refractivity contribution in [2.45, 2.75) is 100 Å². The summed E-state index contributed by atoms with van der Waals surface area (Å²) in [5.41, 5.74) is -1.62. The van der Waals surface area contributed by atoms with Gasteiger partial charge in [-0.05, 0) is 103 Å². The molecule has 0 aromatic heterocycles. The lowest BCUT2D eigenvalue weighted by molar-refractivity contribution is -0.145. The van der Waals surface area contributed by atoms with Gasteiger partial charge in [-0.1, -0.05) is 127 Å². The highest BCUT2D eigenvalue weighted by Crippen LogP contribution is 2.41. The number of nitrogens with one attached hydrogen (secondary N) is 3. The molecule has 6 aromatic carbocycles. The molecule has 13 nitrogen and oxygen atoms in total. The highest BCUT2D eigenvalue weighted by atomic mass is 19.4. The van der Waals surface area contributed by atoms with Crippen LogP contribution in [0.4, 0.5) is 62.3 Å². The van der Waals surface area contributed by atoms with Crippen molar-refractivity contribution < 1.29 is 95.5 Å². The van der Waals surface area contributed by atoms with Crippen molar-refractivity contribution in [3.8, 4) is 0 Å². The van der Waals surface area contributed by atoms with Crippen molar-refractivity contribution in [2.75, 3.05) is 20.3 Å². The van der Waals surface area contributed by atoms with Crippen LogP contribution in [0.2, 0.25) is 0 Å². The number of alkyl carbamates (subject to hydrolysis) is 2. The van der Waals surface area contributed by atoms with E-state index in [0.717, 1.165) is 7.11 Å². The Kier molecular flexibility index (Phi) is 22.2. The fraction of sp³-hybridized carbons (Fsp3) is 0.311. The van der Waals surface area contributed by atoms with Crippen molar-refractivity contribution in [3.05, 3.63) is 225 Å². The van der Waals surface area contributed by atoms with E-state index in [2.05, 4.69) is 16.0 Å². The Morgan fingerprint density at radius 3 is 1.45 bits per heavy atom. The summed E-state index contributed by atoms with van der Waals surface area (Å²) >= 11 is 0. The number of esters is 1. The van der Waals surface area contributed by atoms with Crippen molar-refractivity contribution in [1.29, 1.82) is 0 Å². The molecular formula is C61H58F12N4O9. The summed E-state index contributed by atoms with van der Waals surface area (Å²) in [6, 6.07) is 35.9. The van der Waals surface area contributed by atoms with Gasteiger partial charge in [-0.3, -0.25) is 10.1 Å². The Morgan fingerprint density at radius 1 is 0.605 bits per heavy atom. The maximum absolute atomic E-state index is 13.7. The monoisotopic (exact) mass is 1220 g/mol. The van der Waals surface area contributed by atoms with E-state index in [1.807, 2.05) is 0 Å². The highest BCUT2D eigenvalue weighted by Gasteiger charge is 2.43. The van der Waals surface area contributed by atoms with E-state index in [0.29, 0.717) is 59.4 Å². The Morgan fingerprint density at radius 2 is 1.02 bits per heavy atom. The molecule has 1 aliphatic rings. The minimum absolute atomic E-state index is 0.00573. The van der Waals surface area contributed by atoms with Crippen molar-refractivity contribution in [2.24, 2.45) is 5.73 Å². The molecule has 0 unspecified atom stereocenters. The first kappa shape index (κ1) is 66.7. The molecule has 3 amide bonds. The molecule has 5 atom stereocenters. The zero-order chi connectivity index (χ0) is 63.1. The lowest BCUT2D eigenvalue weighted by Gasteiger charge is -2.41. The molecule has 7 rings (SSSR count). The molecule has 460 valence electrons. The SMILES string of the molecule is COC(=O)/C(=C/C[C@](CO[C@H](C)c1cc(C(F)(F)F)cc(C(F)(F)F)c1)(NC(=O)OCc1ccccc1)c1ccccc1)NC(=O)OCc1ccccc1.C[C@@H](OC[C@@]1(c2ccccc2)CC[C@@H](N)C(=O)N1)c1cc(C(F)(F)F)cc(C(F)(F)F)c1. The van der Waals surface area contributed by atoms with Crippen LogP contribution in [-0.4, -0.2) is 50.4 Å². The van der Waals surface area contributed by atoms with Crippen LogP contribution in [0.15, 0.2) is 169 Å². The zero-order valence-electron chi connectivity index (χ0n) is 46.1. The van der Waals surface area contributed by atoms with Gasteiger partial charge in [-0.2, -0.15) is 52.7 Å². The van der Waals surface area contributed by atoms with Gasteiger partial charge < -0.3 is 40.1 Å². The third-order valence-corrected chi connectivity index (χ3v) is 13.6. The fourth-order valence-corrected chi connectivity index (χ4v) is 8.82. The number of alkyl halides is 12. The number of piperidine rings is 1. The molecule has 25 heteroatoms. The topological polar surface area (TPSA) is 177 Å². The molecule has 0 saturated carbocycles. The number of hydrogen-bond acceptors (Lipinski definition) is 10. The van der Waals surface area contributed by atoms with Gasteiger partial charge in [0.2, 0.25) is 5.91 Å². The summed E-state index contributed by atoms with van der Waals surface area (Å²) in [4.78, 5) is 51.3. The first-order valence-electron chi connectivity index (χ1n) is 26.2. The summed E-state index contributed by atoms with van der Waals surface area (Å²) in [6.45, 7) is 1.57. The maximum atomic E-state index is 13.7. The third kappa shape index (κ3) is 18.8. The lowest BCUT2D eigenvalue weighted by Crippen LogP contribution is -2.58. The smallest absolute Gasteiger partial charge is 0.416 e. The van der Waals surface area contributed by atoms with Gasteiger partial charge in [0.1, 0.15) is 18.9 Å². The summed E-state index contributed by atoms with van der Waals surface area (Å²) in [7, 11) is 1.06. The first-order valence-corrected chi connectivity index (χ1v) is 26.2. The number of nitrogens with two attached hydrogens (primary N) is 1. The van der Waals surface area contributed by atoms with Crippen LogP contribution in [-0.2, 0) is 82.3 Å². The van der Waals surface area contributed by atoms with Gasteiger partial charge in [0.15, 0.2) is 0 Å². The summed E-state index contributed by atoms with van der Waals surface area (Å²) in [5, 5.41) is 7.87. The Bertz CT molecular complexity index is 3200. The minimum atomic E-state index is -5.10. The van der Waals surface area contributed by atoms with Crippen molar-refractivity contribution in [3.63, 3.8) is 0 Å². The predicted molar refractivity (Wildman–Crippen MR) is 287 cm³/mol. The molecule has 5 N–H and O–H groups in total. The molecule has 0 aliphatic carbocycles. The van der Waals surface area contributed by atoms with E-state index in [1.165, 1.54) is 19.9 Å². The van der Waals surface area contributed by atoms with Gasteiger partial charge in [0, 0.05) is 0 Å². The van der Waals surface area contributed by atoms with Crippen LogP contribution < -0.4 is 21.7 Å². The average Bonchev–Trinajstić information content (AvgIpc) is 1.14.